The van der Waals surface area contributed by atoms with Gasteiger partial charge in [0.05, 0.1) is 27.0 Å². The zero-order valence-corrected chi connectivity index (χ0v) is 12.1. The van der Waals surface area contributed by atoms with Gasteiger partial charge >= 0.3 is 0 Å². The Bertz CT molecular complexity index is 399. The molecule has 0 aromatic heterocycles. The second kappa shape index (κ2) is 6.05. The largest absolute Gasteiger partial charge is 0.397 e. The molecule has 0 bridgehead atoms. The Morgan fingerprint density at radius 1 is 1.41 bits per heavy atom. The van der Waals surface area contributed by atoms with Gasteiger partial charge in [0.15, 0.2) is 0 Å². The van der Waals surface area contributed by atoms with E-state index in [4.69, 9.17) is 28.9 Å². The molecule has 1 rings (SSSR count). The fourth-order valence-corrected chi connectivity index (χ4v) is 2.42. The van der Waals surface area contributed by atoms with E-state index in [1.807, 2.05) is 6.26 Å². The Morgan fingerprint density at radius 3 is 2.59 bits per heavy atom. The molecule has 1 atom stereocenters. The standard InChI is InChI=1S/C11H16Cl2N2OS/c1-11(16,6-17-2)5-15-10-4-8(13)7(12)3-9(10)14/h3-4,15-16H,5-6,14H2,1-2H3. The fraction of sp³-hybridized carbons (Fsp3) is 0.455. The smallest absolute Gasteiger partial charge is 0.0881 e. The summed E-state index contributed by atoms with van der Waals surface area (Å²) in [7, 11) is 0. The average molecular weight is 295 g/mol. The third-order valence-corrected chi connectivity index (χ3v) is 3.84. The molecule has 1 aromatic carbocycles. The molecule has 4 N–H and O–H groups in total. The normalized spacial score (nSPS) is 14.4. The highest BCUT2D eigenvalue weighted by atomic mass is 35.5. The lowest BCUT2D eigenvalue weighted by Gasteiger charge is -2.23. The van der Waals surface area contributed by atoms with Gasteiger partial charge < -0.3 is 16.2 Å². The lowest BCUT2D eigenvalue weighted by molar-refractivity contribution is 0.0997. The van der Waals surface area contributed by atoms with Crippen molar-refractivity contribution in [3.05, 3.63) is 22.2 Å². The fourth-order valence-electron chi connectivity index (χ4n) is 1.36. The summed E-state index contributed by atoms with van der Waals surface area (Å²) in [5.74, 6) is 0.640. The summed E-state index contributed by atoms with van der Waals surface area (Å²) >= 11 is 13.3. The third kappa shape index (κ3) is 4.47. The predicted octanol–water partition coefficient (Wildman–Crippen LogP) is 3.10. The second-order valence-electron chi connectivity index (χ2n) is 4.14. The molecule has 6 heteroatoms. The van der Waals surface area contributed by atoms with Gasteiger partial charge in [0.2, 0.25) is 0 Å². The van der Waals surface area contributed by atoms with Crippen molar-refractivity contribution in [2.24, 2.45) is 0 Å². The van der Waals surface area contributed by atoms with Gasteiger partial charge in [-0.05, 0) is 25.3 Å². The van der Waals surface area contributed by atoms with Crippen LogP contribution in [0.4, 0.5) is 11.4 Å². The van der Waals surface area contributed by atoms with Gasteiger partial charge in [0.25, 0.3) is 0 Å². The zero-order valence-electron chi connectivity index (χ0n) is 9.76. The summed E-state index contributed by atoms with van der Waals surface area (Å²) < 4.78 is 0. The van der Waals surface area contributed by atoms with Crippen molar-refractivity contribution >= 4 is 46.3 Å². The van der Waals surface area contributed by atoms with E-state index in [2.05, 4.69) is 5.32 Å². The number of nitrogens with one attached hydrogen (secondary N) is 1. The van der Waals surface area contributed by atoms with Gasteiger partial charge in [-0.3, -0.25) is 0 Å². The topological polar surface area (TPSA) is 58.3 Å². The van der Waals surface area contributed by atoms with Crippen molar-refractivity contribution in [1.29, 1.82) is 0 Å². The highest BCUT2D eigenvalue weighted by molar-refractivity contribution is 7.98. The van der Waals surface area contributed by atoms with E-state index in [-0.39, 0.29) is 0 Å². The molecule has 0 aliphatic rings. The lowest BCUT2D eigenvalue weighted by atomic mass is 10.1. The number of benzene rings is 1. The molecule has 0 aliphatic carbocycles. The molecule has 1 aromatic rings. The van der Waals surface area contributed by atoms with E-state index in [1.165, 1.54) is 0 Å². The van der Waals surface area contributed by atoms with Crippen LogP contribution in [0.1, 0.15) is 6.92 Å². The van der Waals surface area contributed by atoms with Crippen molar-refractivity contribution < 1.29 is 5.11 Å². The molecule has 0 saturated carbocycles. The number of hydrogen-bond acceptors (Lipinski definition) is 4. The summed E-state index contributed by atoms with van der Waals surface area (Å²) in [4.78, 5) is 0. The van der Waals surface area contributed by atoms with E-state index >= 15 is 0 Å². The van der Waals surface area contributed by atoms with E-state index in [0.29, 0.717) is 33.7 Å². The summed E-state index contributed by atoms with van der Waals surface area (Å²) in [6.45, 7) is 2.17. The van der Waals surface area contributed by atoms with Crippen molar-refractivity contribution in [2.75, 3.05) is 29.6 Å². The molecular formula is C11H16Cl2N2OS. The van der Waals surface area contributed by atoms with Crippen LogP contribution in [-0.4, -0.2) is 29.3 Å². The Hall–Kier alpha value is -0.290. The quantitative estimate of drug-likeness (QED) is 0.731. The van der Waals surface area contributed by atoms with Crippen molar-refractivity contribution in [3.63, 3.8) is 0 Å². The number of hydrogen-bond donors (Lipinski definition) is 3. The van der Waals surface area contributed by atoms with E-state index in [9.17, 15) is 5.11 Å². The van der Waals surface area contributed by atoms with Gasteiger partial charge in [-0.25, -0.2) is 0 Å². The number of nitrogens with two attached hydrogens (primary N) is 1. The first-order chi connectivity index (χ1) is 7.85. The van der Waals surface area contributed by atoms with Gasteiger partial charge in [0.1, 0.15) is 0 Å². The SMILES string of the molecule is CSCC(C)(O)CNc1cc(Cl)c(Cl)cc1N. The Kier molecular flexibility index (Phi) is 5.25. The first-order valence-electron chi connectivity index (χ1n) is 5.05. The van der Waals surface area contributed by atoms with Crippen LogP contribution in [0.15, 0.2) is 12.1 Å². The minimum atomic E-state index is -0.794. The molecule has 1 unspecified atom stereocenters. The predicted molar refractivity (Wildman–Crippen MR) is 78.4 cm³/mol. The maximum atomic E-state index is 10.0. The number of halogens is 2. The molecule has 96 valence electrons. The molecule has 0 radical (unpaired) electrons. The van der Waals surface area contributed by atoms with Crippen LogP contribution in [0.3, 0.4) is 0 Å². The molecule has 0 fully saturated rings. The first-order valence-corrected chi connectivity index (χ1v) is 7.20. The monoisotopic (exact) mass is 294 g/mol. The van der Waals surface area contributed by atoms with Gasteiger partial charge in [-0.15, -0.1) is 0 Å². The number of thioether (sulfide) groups is 1. The number of nitrogen functional groups attached to an aromatic ring is 1. The van der Waals surface area contributed by atoms with Gasteiger partial charge in [-0.1, -0.05) is 23.2 Å². The molecular weight excluding hydrogens is 279 g/mol. The maximum absolute atomic E-state index is 10.0. The van der Waals surface area contributed by atoms with Crippen molar-refractivity contribution in [1.82, 2.24) is 0 Å². The highest BCUT2D eigenvalue weighted by Crippen LogP contribution is 2.31. The minimum Gasteiger partial charge on any atom is -0.397 e. The van der Waals surface area contributed by atoms with Crippen LogP contribution in [0.25, 0.3) is 0 Å². The lowest BCUT2D eigenvalue weighted by Crippen LogP contribution is -2.36. The van der Waals surface area contributed by atoms with E-state index in [1.54, 1.807) is 30.8 Å². The molecule has 0 amide bonds. The molecule has 0 aliphatic heterocycles. The second-order valence-corrected chi connectivity index (χ2v) is 5.82. The van der Waals surface area contributed by atoms with Crippen LogP contribution in [0, 0.1) is 0 Å². The van der Waals surface area contributed by atoms with Crippen molar-refractivity contribution in [3.8, 4) is 0 Å². The van der Waals surface area contributed by atoms with E-state index in [0.717, 1.165) is 0 Å². The Labute approximate surface area is 116 Å². The maximum Gasteiger partial charge on any atom is 0.0881 e. The van der Waals surface area contributed by atoms with Crippen LogP contribution in [0.5, 0.6) is 0 Å². The van der Waals surface area contributed by atoms with Crippen LogP contribution in [-0.2, 0) is 0 Å². The summed E-state index contributed by atoms with van der Waals surface area (Å²) in [6.07, 6.45) is 1.95. The summed E-state index contributed by atoms with van der Waals surface area (Å²) in [5, 5.41) is 13.9. The number of aliphatic hydroxyl groups is 1. The summed E-state index contributed by atoms with van der Waals surface area (Å²) in [5.41, 5.74) is 6.20. The molecule has 17 heavy (non-hydrogen) atoms. The number of rotatable bonds is 5. The highest BCUT2D eigenvalue weighted by Gasteiger charge is 2.19. The number of anilines is 2. The summed E-state index contributed by atoms with van der Waals surface area (Å²) in [6, 6.07) is 3.25. The Morgan fingerprint density at radius 2 is 2.00 bits per heavy atom. The zero-order chi connectivity index (χ0) is 13.1. The van der Waals surface area contributed by atoms with Crippen molar-refractivity contribution in [2.45, 2.75) is 12.5 Å². The molecule has 0 saturated heterocycles. The average Bonchev–Trinajstić information content (AvgIpc) is 2.21. The van der Waals surface area contributed by atoms with Gasteiger partial charge in [0, 0.05) is 12.3 Å². The molecule has 0 spiro atoms. The van der Waals surface area contributed by atoms with Crippen LogP contribution in [0.2, 0.25) is 10.0 Å². The third-order valence-electron chi connectivity index (χ3n) is 2.21. The van der Waals surface area contributed by atoms with Crippen LogP contribution >= 0.6 is 35.0 Å². The molecule has 3 nitrogen and oxygen atoms in total. The van der Waals surface area contributed by atoms with Crippen LogP contribution < -0.4 is 11.1 Å². The molecule has 0 heterocycles. The Balaban J connectivity index is 2.73. The first kappa shape index (κ1) is 14.8. The minimum absolute atomic E-state index is 0.399. The van der Waals surface area contributed by atoms with E-state index < -0.39 is 5.60 Å². The van der Waals surface area contributed by atoms with Gasteiger partial charge in [-0.2, -0.15) is 11.8 Å².